The second-order valence-corrected chi connectivity index (χ2v) is 5.75. The molecule has 0 aliphatic rings. The molecule has 0 aliphatic heterocycles. The molecule has 0 fully saturated rings. The number of hydrogen-bond acceptors (Lipinski definition) is 3. The van der Waals surface area contributed by atoms with E-state index < -0.39 is 11.9 Å². The van der Waals surface area contributed by atoms with Gasteiger partial charge in [-0.3, -0.25) is 4.68 Å². The third-order valence-electron chi connectivity index (χ3n) is 3.27. The maximum Gasteiger partial charge on any atom is 0.433 e. The Hall–Kier alpha value is -1.90. The highest BCUT2D eigenvalue weighted by atomic mass is 79.9. The lowest BCUT2D eigenvalue weighted by molar-refractivity contribution is -0.142. The second kappa shape index (κ2) is 4.80. The van der Waals surface area contributed by atoms with Crippen molar-refractivity contribution >= 4 is 21.6 Å². The fourth-order valence-electron chi connectivity index (χ4n) is 2.29. The second-order valence-electron chi connectivity index (χ2n) is 4.96. The molecule has 3 aromatic rings. The molecule has 0 aromatic carbocycles. The first-order valence-corrected chi connectivity index (χ1v) is 7.11. The van der Waals surface area contributed by atoms with Crippen molar-refractivity contribution in [3.05, 3.63) is 33.8 Å². The minimum atomic E-state index is -4.54. The molecule has 0 bridgehead atoms. The third-order valence-corrected chi connectivity index (χ3v) is 4.20. The first kappa shape index (κ1) is 15.0. The molecular weight excluding hydrogens is 363 g/mol. The Morgan fingerprint density at radius 3 is 2.36 bits per heavy atom. The summed E-state index contributed by atoms with van der Waals surface area (Å²) in [7, 11) is 1.71. The number of aromatic nitrogens is 5. The molecule has 9 heteroatoms. The van der Waals surface area contributed by atoms with Crippen molar-refractivity contribution in [1.29, 1.82) is 0 Å². The molecule has 0 aliphatic carbocycles. The number of hydrogen-bond donors (Lipinski definition) is 0. The van der Waals surface area contributed by atoms with Gasteiger partial charge in [-0.15, -0.1) is 0 Å². The van der Waals surface area contributed by atoms with Gasteiger partial charge in [0, 0.05) is 18.8 Å². The van der Waals surface area contributed by atoms with Crippen LogP contribution in [0.25, 0.3) is 16.9 Å². The van der Waals surface area contributed by atoms with E-state index in [2.05, 4.69) is 31.1 Å². The van der Waals surface area contributed by atoms with E-state index >= 15 is 0 Å². The minimum Gasteiger partial charge on any atom is -0.275 e. The van der Waals surface area contributed by atoms with Crippen LogP contribution in [0.4, 0.5) is 13.2 Å². The van der Waals surface area contributed by atoms with Crippen LogP contribution >= 0.6 is 15.9 Å². The van der Waals surface area contributed by atoms with E-state index in [1.54, 1.807) is 31.8 Å². The Labute approximate surface area is 131 Å². The summed E-state index contributed by atoms with van der Waals surface area (Å²) < 4.78 is 42.8. The van der Waals surface area contributed by atoms with Gasteiger partial charge in [0.25, 0.3) is 0 Å². The van der Waals surface area contributed by atoms with Crippen molar-refractivity contribution in [2.45, 2.75) is 20.0 Å². The molecule has 0 radical (unpaired) electrons. The van der Waals surface area contributed by atoms with Gasteiger partial charge >= 0.3 is 6.18 Å². The molecule has 0 spiro atoms. The van der Waals surface area contributed by atoms with Crippen molar-refractivity contribution in [2.75, 3.05) is 0 Å². The standard InChI is InChI=1S/C13H11BrF3N5/c1-6-8(5-21(3)19-6)9-4-10(13(15,16)17)22-12(18-9)11(14)7(2)20-22/h4-5H,1-3H3. The zero-order valence-corrected chi connectivity index (χ0v) is 13.5. The van der Waals surface area contributed by atoms with Crippen LogP contribution in [-0.4, -0.2) is 24.4 Å². The van der Waals surface area contributed by atoms with Crippen LogP contribution in [0.2, 0.25) is 0 Å². The average molecular weight is 374 g/mol. The Morgan fingerprint density at radius 1 is 1.14 bits per heavy atom. The summed E-state index contributed by atoms with van der Waals surface area (Å²) in [6, 6.07) is 0.996. The fourth-order valence-corrected chi connectivity index (χ4v) is 2.62. The smallest absolute Gasteiger partial charge is 0.275 e. The average Bonchev–Trinajstić information content (AvgIpc) is 2.88. The Bertz CT molecular complexity index is 878. The molecule has 0 N–H and O–H groups in total. The summed E-state index contributed by atoms with van der Waals surface area (Å²) in [6.45, 7) is 3.35. The summed E-state index contributed by atoms with van der Waals surface area (Å²) in [5.41, 5.74) is 1.08. The van der Waals surface area contributed by atoms with E-state index in [0.29, 0.717) is 21.4 Å². The van der Waals surface area contributed by atoms with Gasteiger partial charge in [-0.25, -0.2) is 9.50 Å². The van der Waals surface area contributed by atoms with Crippen molar-refractivity contribution in [3.8, 4) is 11.3 Å². The van der Waals surface area contributed by atoms with Crippen LogP contribution in [0.1, 0.15) is 17.1 Å². The van der Waals surface area contributed by atoms with Gasteiger partial charge in [0.1, 0.15) is 0 Å². The number of alkyl halides is 3. The van der Waals surface area contributed by atoms with Crippen molar-refractivity contribution in [3.63, 3.8) is 0 Å². The van der Waals surface area contributed by atoms with E-state index in [9.17, 15) is 13.2 Å². The highest BCUT2D eigenvalue weighted by molar-refractivity contribution is 9.10. The Balaban J connectivity index is 2.38. The predicted octanol–water partition coefficient (Wildman–Crippen LogP) is 3.53. The molecule has 116 valence electrons. The Kier molecular flexibility index (Phi) is 3.28. The number of fused-ring (bicyclic) bond motifs is 1. The normalized spacial score (nSPS) is 12.3. The zero-order valence-electron chi connectivity index (χ0n) is 11.9. The molecule has 22 heavy (non-hydrogen) atoms. The molecule has 0 saturated carbocycles. The lowest BCUT2D eigenvalue weighted by Crippen LogP contribution is -2.13. The lowest BCUT2D eigenvalue weighted by atomic mass is 10.1. The number of aryl methyl sites for hydroxylation is 3. The molecule has 0 unspecified atom stereocenters. The van der Waals surface area contributed by atoms with Crippen molar-refractivity contribution in [1.82, 2.24) is 24.4 Å². The van der Waals surface area contributed by atoms with Crippen LogP contribution in [0.5, 0.6) is 0 Å². The van der Waals surface area contributed by atoms with Gasteiger partial charge in [-0.1, -0.05) is 0 Å². The molecule has 0 atom stereocenters. The highest BCUT2D eigenvalue weighted by Crippen LogP contribution is 2.34. The van der Waals surface area contributed by atoms with E-state index in [-0.39, 0.29) is 11.3 Å². The van der Waals surface area contributed by atoms with Gasteiger partial charge in [-0.2, -0.15) is 23.4 Å². The van der Waals surface area contributed by atoms with Crippen LogP contribution in [0.15, 0.2) is 16.7 Å². The van der Waals surface area contributed by atoms with Gasteiger partial charge in [0.15, 0.2) is 11.3 Å². The minimum absolute atomic E-state index is 0.130. The molecule has 3 rings (SSSR count). The molecule has 0 saturated heterocycles. The summed E-state index contributed by atoms with van der Waals surface area (Å²) in [5, 5.41) is 8.06. The van der Waals surface area contributed by atoms with Gasteiger partial charge in [-0.05, 0) is 35.8 Å². The Morgan fingerprint density at radius 2 is 1.82 bits per heavy atom. The van der Waals surface area contributed by atoms with Crippen LogP contribution in [0, 0.1) is 13.8 Å². The SMILES string of the molecule is Cc1nn(C)cc1-c1cc(C(F)(F)F)n2nc(C)c(Br)c2n1. The summed E-state index contributed by atoms with van der Waals surface area (Å²) >= 11 is 3.25. The first-order valence-electron chi connectivity index (χ1n) is 6.32. The van der Waals surface area contributed by atoms with Crippen LogP contribution in [0.3, 0.4) is 0 Å². The number of rotatable bonds is 1. The van der Waals surface area contributed by atoms with Gasteiger partial charge in [0.05, 0.1) is 21.6 Å². The zero-order chi connectivity index (χ0) is 16.2. The van der Waals surface area contributed by atoms with E-state index in [1.807, 2.05) is 0 Å². The monoisotopic (exact) mass is 373 g/mol. The topological polar surface area (TPSA) is 48.0 Å². The van der Waals surface area contributed by atoms with E-state index in [1.165, 1.54) is 0 Å². The van der Waals surface area contributed by atoms with Crippen LogP contribution < -0.4 is 0 Å². The van der Waals surface area contributed by atoms with Crippen LogP contribution in [-0.2, 0) is 13.2 Å². The molecule has 3 aromatic heterocycles. The molecule has 0 amide bonds. The summed E-state index contributed by atoms with van der Waals surface area (Å²) in [4.78, 5) is 4.31. The predicted molar refractivity (Wildman–Crippen MR) is 77.4 cm³/mol. The van der Waals surface area contributed by atoms with Crippen molar-refractivity contribution in [2.24, 2.45) is 7.05 Å². The maximum absolute atomic E-state index is 13.3. The largest absolute Gasteiger partial charge is 0.433 e. The van der Waals surface area contributed by atoms with E-state index in [0.717, 1.165) is 10.6 Å². The molecule has 5 nitrogen and oxygen atoms in total. The first-order chi connectivity index (χ1) is 10.2. The van der Waals surface area contributed by atoms with Gasteiger partial charge in [0.2, 0.25) is 0 Å². The van der Waals surface area contributed by atoms with Crippen molar-refractivity contribution < 1.29 is 13.2 Å². The maximum atomic E-state index is 13.3. The molecular formula is C13H11BrF3N5. The summed E-state index contributed by atoms with van der Waals surface area (Å²) in [6.07, 6.45) is -2.89. The fraction of sp³-hybridized carbons (Fsp3) is 0.308. The number of nitrogens with zero attached hydrogens (tertiary/aromatic N) is 5. The summed E-state index contributed by atoms with van der Waals surface area (Å²) in [5.74, 6) is 0. The van der Waals surface area contributed by atoms with E-state index in [4.69, 9.17) is 0 Å². The number of halogens is 4. The highest BCUT2D eigenvalue weighted by Gasteiger charge is 2.36. The third kappa shape index (κ3) is 2.29. The molecule has 3 heterocycles. The lowest BCUT2D eigenvalue weighted by Gasteiger charge is -2.10. The quantitative estimate of drug-likeness (QED) is 0.655. The van der Waals surface area contributed by atoms with Gasteiger partial charge < -0.3 is 0 Å².